The molecule has 0 bridgehead atoms. The molecular weight excluding hydrogens is 286 g/mol. The van der Waals surface area contributed by atoms with Gasteiger partial charge >= 0.3 is 5.97 Å². The number of hydrogen-bond donors (Lipinski definition) is 1. The topological polar surface area (TPSA) is 82.4 Å². The van der Waals surface area contributed by atoms with E-state index < -0.39 is 11.9 Å². The van der Waals surface area contributed by atoms with Gasteiger partial charge in [-0.3, -0.25) is 9.59 Å². The first-order valence-corrected chi connectivity index (χ1v) is 6.79. The smallest absolute Gasteiger partial charge is 0.325 e. The van der Waals surface area contributed by atoms with Crippen molar-refractivity contribution in [2.24, 2.45) is 0 Å². The van der Waals surface area contributed by atoms with Crippen LogP contribution in [-0.2, 0) is 9.53 Å². The van der Waals surface area contributed by atoms with Crippen molar-refractivity contribution in [2.75, 3.05) is 20.3 Å². The van der Waals surface area contributed by atoms with E-state index >= 15 is 0 Å². The number of carbonyl (C=O) groups excluding carboxylic acids is 2. The third kappa shape index (κ3) is 3.63. The first kappa shape index (κ1) is 15.6. The van der Waals surface area contributed by atoms with Crippen LogP contribution in [0.5, 0.6) is 5.88 Å². The Morgan fingerprint density at radius 3 is 2.64 bits per heavy atom. The lowest BCUT2D eigenvalue weighted by Crippen LogP contribution is -2.30. The lowest BCUT2D eigenvalue weighted by molar-refractivity contribution is -0.139. The van der Waals surface area contributed by atoms with E-state index in [1.165, 1.54) is 17.9 Å². The van der Waals surface area contributed by atoms with E-state index in [1.54, 1.807) is 0 Å². The van der Waals surface area contributed by atoms with Gasteiger partial charge in [0.15, 0.2) is 5.69 Å². The third-order valence-corrected chi connectivity index (χ3v) is 2.82. The highest BCUT2D eigenvalue weighted by Gasteiger charge is 2.17. The zero-order chi connectivity index (χ0) is 15.9. The van der Waals surface area contributed by atoms with Crippen LogP contribution in [0.2, 0.25) is 0 Å². The van der Waals surface area contributed by atoms with Gasteiger partial charge in [0.2, 0.25) is 5.88 Å². The van der Waals surface area contributed by atoms with E-state index in [4.69, 9.17) is 4.74 Å². The number of esters is 1. The molecule has 1 aromatic heterocycles. The minimum atomic E-state index is -0.527. The van der Waals surface area contributed by atoms with Gasteiger partial charge in [0.25, 0.3) is 5.91 Å². The highest BCUT2D eigenvalue weighted by Crippen LogP contribution is 2.19. The molecule has 7 heteroatoms. The molecule has 0 spiro atoms. The van der Waals surface area contributed by atoms with E-state index in [1.807, 2.05) is 37.3 Å². The van der Waals surface area contributed by atoms with Crippen molar-refractivity contribution in [3.63, 3.8) is 0 Å². The Kier molecular flexibility index (Phi) is 5.13. The Morgan fingerprint density at radius 2 is 2.00 bits per heavy atom. The Balaban J connectivity index is 2.23. The van der Waals surface area contributed by atoms with Crippen molar-refractivity contribution in [3.8, 4) is 11.6 Å². The summed E-state index contributed by atoms with van der Waals surface area (Å²) in [5, 5.41) is 6.67. The van der Waals surface area contributed by atoms with Crippen LogP contribution < -0.4 is 10.1 Å². The van der Waals surface area contributed by atoms with Crippen LogP contribution in [0.15, 0.2) is 36.4 Å². The van der Waals surface area contributed by atoms with Gasteiger partial charge in [0.05, 0.1) is 19.4 Å². The van der Waals surface area contributed by atoms with Gasteiger partial charge in [-0.15, -0.1) is 0 Å². The predicted octanol–water partition coefficient (Wildman–Crippen LogP) is 1.17. The number of benzene rings is 1. The fourth-order valence-corrected chi connectivity index (χ4v) is 1.79. The SMILES string of the molecule is CCOc1cc(C(=O)NCC(=O)OC)nn1-c1ccccc1. The molecule has 0 saturated heterocycles. The molecule has 1 aromatic carbocycles. The molecule has 7 nitrogen and oxygen atoms in total. The average Bonchev–Trinajstić information content (AvgIpc) is 2.97. The monoisotopic (exact) mass is 303 g/mol. The third-order valence-electron chi connectivity index (χ3n) is 2.82. The Morgan fingerprint density at radius 1 is 1.27 bits per heavy atom. The highest BCUT2D eigenvalue weighted by atomic mass is 16.5. The number of nitrogens with one attached hydrogen (secondary N) is 1. The number of para-hydroxylation sites is 1. The van der Waals surface area contributed by atoms with Crippen LogP contribution >= 0.6 is 0 Å². The van der Waals surface area contributed by atoms with E-state index in [2.05, 4.69) is 15.2 Å². The molecule has 1 amide bonds. The standard InChI is InChI=1S/C15H17N3O4/c1-3-22-13-9-12(15(20)16-10-14(19)21-2)17-18(13)11-7-5-4-6-8-11/h4-9H,3,10H2,1-2H3,(H,16,20). The van der Waals surface area contributed by atoms with Gasteiger partial charge in [-0.05, 0) is 19.1 Å². The minimum absolute atomic E-state index is 0.163. The molecule has 0 aliphatic carbocycles. The van der Waals surface area contributed by atoms with Crippen molar-refractivity contribution < 1.29 is 19.1 Å². The normalized spacial score (nSPS) is 10.1. The summed E-state index contributed by atoms with van der Waals surface area (Å²) in [6.07, 6.45) is 0. The number of aromatic nitrogens is 2. The first-order valence-electron chi connectivity index (χ1n) is 6.79. The van der Waals surface area contributed by atoms with Crippen LogP contribution in [-0.4, -0.2) is 41.9 Å². The molecule has 1 N–H and O–H groups in total. The summed E-state index contributed by atoms with van der Waals surface area (Å²) < 4.78 is 11.5. The van der Waals surface area contributed by atoms with Crippen LogP contribution in [0, 0.1) is 0 Å². The molecule has 0 atom stereocenters. The fraction of sp³-hybridized carbons (Fsp3) is 0.267. The summed E-state index contributed by atoms with van der Waals surface area (Å²) in [5.74, 6) is -0.543. The maximum absolute atomic E-state index is 12.0. The molecule has 22 heavy (non-hydrogen) atoms. The molecule has 0 aliphatic rings. The maximum Gasteiger partial charge on any atom is 0.325 e. The Labute approximate surface area is 127 Å². The number of rotatable bonds is 6. The largest absolute Gasteiger partial charge is 0.478 e. The van der Waals surface area contributed by atoms with Crippen molar-refractivity contribution in [1.82, 2.24) is 15.1 Å². The predicted molar refractivity (Wildman–Crippen MR) is 79.1 cm³/mol. The zero-order valence-electron chi connectivity index (χ0n) is 12.4. The van der Waals surface area contributed by atoms with Gasteiger partial charge in [0, 0.05) is 6.07 Å². The minimum Gasteiger partial charge on any atom is -0.478 e. The number of carbonyl (C=O) groups is 2. The highest BCUT2D eigenvalue weighted by molar-refractivity contribution is 5.94. The number of methoxy groups -OCH3 is 1. The Hall–Kier alpha value is -2.83. The van der Waals surface area contributed by atoms with E-state index in [0.717, 1.165) is 5.69 Å². The van der Waals surface area contributed by atoms with Crippen LogP contribution in [0.1, 0.15) is 17.4 Å². The number of hydrogen-bond acceptors (Lipinski definition) is 5. The summed E-state index contributed by atoms with van der Waals surface area (Å²) >= 11 is 0. The summed E-state index contributed by atoms with van der Waals surface area (Å²) in [6, 6.07) is 10.9. The maximum atomic E-state index is 12.0. The summed E-state index contributed by atoms with van der Waals surface area (Å²) in [6.45, 7) is 2.08. The van der Waals surface area contributed by atoms with Gasteiger partial charge in [-0.2, -0.15) is 5.10 Å². The molecule has 2 rings (SSSR count). The van der Waals surface area contributed by atoms with Crippen molar-refractivity contribution in [3.05, 3.63) is 42.1 Å². The lowest BCUT2D eigenvalue weighted by atomic mass is 10.3. The molecule has 0 saturated carbocycles. The first-order chi connectivity index (χ1) is 10.7. The summed E-state index contributed by atoms with van der Waals surface area (Å²) in [5.41, 5.74) is 0.939. The van der Waals surface area contributed by atoms with Gasteiger partial charge < -0.3 is 14.8 Å². The van der Waals surface area contributed by atoms with Crippen LogP contribution in [0.3, 0.4) is 0 Å². The van der Waals surface area contributed by atoms with Gasteiger partial charge in [-0.1, -0.05) is 18.2 Å². The molecule has 0 radical (unpaired) electrons. The quantitative estimate of drug-likeness (QED) is 0.810. The summed E-state index contributed by atoms with van der Waals surface area (Å²) in [4.78, 5) is 23.1. The van der Waals surface area contributed by atoms with E-state index in [0.29, 0.717) is 12.5 Å². The van der Waals surface area contributed by atoms with Gasteiger partial charge in [0.1, 0.15) is 6.54 Å². The van der Waals surface area contributed by atoms with E-state index in [9.17, 15) is 9.59 Å². The van der Waals surface area contributed by atoms with Gasteiger partial charge in [-0.25, -0.2) is 4.68 Å². The lowest BCUT2D eigenvalue weighted by Gasteiger charge is -2.06. The second-order valence-corrected chi connectivity index (χ2v) is 4.31. The summed E-state index contributed by atoms with van der Waals surface area (Å²) in [7, 11) is 1.26. The second kappa shape index (κ2) is 7.26. The van der Waals surface area contributed by atoms with Crippen molar-refractivity contribution in [1.29, 1.82) is 0 Å². The Bertz CT molecular complexity index is 652. The molecule has 0 aliphatic heterocycles. The zero-order valence-corrected chi connectivity index (χ0v) is 12.4. The van der Waals surface area contributed by atoms with Crippen LogP contribution in [0.25, 0.3) is 5.69 Å². The fourth-order valence-electron chi connectivity index (χ4n) is 1.79. The van der Waals surface area contributed by atoms with E-state index in [-0.39, 0.29) is 12.2 Å². The van der Waals surface area contributed by atoms with Crippen molar-refractivity contribution >= 4 is 11.9 Å². The molecule has 0 unspecified atom stereocenters. The average molecular weight is 303 g/mol. The molecular formula is C15H17N3O4. The number of amides is 1. The molecule has 1 heterocycles. The second-order valence-electron chi connectivity index (χ2n) is 4.31. The molecule has 116 valence electrons. The number of ether oxygens (including phenoxy) is 2. The molecule has 0 fully saturated rings. The van der Waals surface area contributed by atoms with Crippen molar-refractivity contribution in [2.45, 2.75) is 6.92 Å². The van der Waals surface area contributed by atoms with Crippen LogP contribution in [0.4, 0.5) is 0 Å². The number of nitrogens with zero attached hydrogens (tertiary/aromatic N) is 2. The molecule has 2 aromatic rings.